The molecule has 1 aliphatic heterocycles. The molecule has 2 aliphatic rings. The van der Waals surface area contributed by atoms with Crippen molar-refractivity contribution in [2.75, 3.05) is 32.4 Å². The number of carbonyl (C=O) groups is 2. The molecular formula is C13H22N2O3S. The lowest BCUT2D eigenvalue weighted by Gasteiger charge is -2.29. The quantitative estimate of drug-likeness (QED) is 0.828. The summed E-state index contributed by atoms with van der Waals surface area (Å²) in [5, 5.41) is 10.3. The number of hydrogen-bond acceptors (Lipinski definition) is 4. The minimum Gasteiger partial charge on any atom is -0.388 e. The van der Waals surface area contributed by atoms with Crippen molar-refractivity contribution in [3.63, 3.8) is 0 Å². The van der Waals surface area contributed by atoms with Crippen LogP contribution in [-0.2, 0) is 4.79 Å². The standard InChI is InChI=1S/C13H22N2O3S/c1-14(10-13(18)5-2-3-6-13)11(16)4-7-15-8-9-19-12(15)17/h18H,2-10H2,1H3. The van der Waals surface area contributed by atoms with E-state index in [-0.39, 0.29) is 11.1 Å². The van der Waals surface area contributed by atoms with Gasteiger partial charge in [0.2, 0.25) is 5.91 Å². The first kappa shape index (κ1) is 14.7. The molecule has 2 fully saturated rings. The van der Waals surface area contributed by atoms with Crippen LogP contribution in [0.15, 0.2) is 0 Å². The van der Waals surface area contributed by atoms with Crippen LogP contribution in [-0.4, -0.2) is 64.1 Å². The molecule has 0 aromatic heterocycles. The largest absolute Gasteiger partial charge is 0.388 e. The minimum atomic E-state index is -0.691. The number of thioether (sulfide) groups is 1. The number of likely N-dealkylation sites (N-methyl/N-ethyl adjacent to an activating group) is 1. The highest BCUT2D eigenvalue weighted by atomic mass is 32.2. The summed E-state index contributed by atoms with van der Waals surface area (Å²) in [5.41, 5.74) is -0.691. The zero-order valence-corrected chi connectivity index (χ0v) is 12.2. The van der Waals surface area contributed by atoms with E-state index in [4.69, 9.17) is 0 Å². The SMILES string of the molecule is CN(CC1(O)CCCC1)C(=O)CCN1CCSC1=O. The van der Waals surface area contributed by atoms with E-state index in [0.29, 0.717) is 19.5 Å². The second-order valence-electron chi connectivity index (χ2n) is 5.53. The molecule has 6 heteroatoms. The highest BCUT2D eigenvalue weighted by Crippen LogP contribution is 2.30. The van der Waals surface area contributed by atoms with E-state index in [1.165, 1.54) is 11.8 Å². The molecule has 0 aromatic rings. The van der Waals surface area contributed by atoms with Gasteiger partial charge in [-0.1, -0.05) is 24.6 Å². The average Bonchev–Trinajstić information content (AvgIpc) is 2.95. The van der Waals surface area contributed by atoms with E-state index in [2.05, 4.69) is 0 Å². The fourth-order valence-corrected chi connectivity index (χ4v) is 3.62. The molecule has 0 bridgehead atoms. The predicted octanol–water partition coefficient (Wildman–Crippen LogP) is 1.31. The van der Waals surface area contributed by atoms with Crippen molar-refractivity contribution in [3.05, 3.63) is 0 Å². The van der Waals surface area contributed by atoms with Gasteiger partial charge >= 0.3 is 0 Å². The molecule has 1 N–H and O–H groups in total. The summed E-state index contributed by atoms with van der Waals surface area (Å²) in [6, 6.07) is 0. The van der Waals surface area contributed by atoms with E-state index in [9.17, 15) is 14.7 Å². The lowest BCUT2D eigenvalue weighted by atomic mass is 10.0. The maximum atomic E-state index is 12.0. The molecule has 19 heavy (non-hydrogen) atoms. The van der Waals surface area contributed by atoms with Crippen molar-refractivity contribution in [1.82, 2.24) is 9.80 Å². The summed E-state index contributed by atoms with van der Waals surface area (Å²) in [5.74, 6) is 0.827. The first-order valence-electron chi connectivity index (χ1n) is 6.88. The second kappa shape index (κ2) is 6.13. The number of hydrogen-bond donors (Lipinski definition) is 1. The highest BCUT2D eigenvalue weighted by molar-refractivity contribution is 8.13. The first-order valence-corrected chi connectivity index (χ1v) is 7.87. The van der Waals surface area contributed by atoms with Gasteiger partial charge in [-0.15, -0.1) is 0 Å². The van der Waals surface area contributed by atoms with E-state index in [0.717, 1.165) is 38.0 Å². The number of aliphatic hydroxyl groups is 1. The lowest BCUT2D eigenvalue weighted by Crippen LogP contribution is -2.42. The van der Waals surface area contributed by atoms with E-state index in [1.54, 1.807) is 16.8 Å². The van der Waals surface area contributed by atoms with Crippen molar-refractivity contribution in [1.29, 1.82) is 0 Å². The summed E-state index contributed by atoms with van der Waals surface area (Å²) in [6.45, 7) is 1.65. The van der Waals surface area contributed by atoms with Crippen LogP contribution in [0.5, 0.6) is 0 Å². The van der Waals surface area contributed by atoms with Gasteiger partial charge in [-0.3, -0.25) is 9.59 Å². The summed E-state index contributed by atoms with van der Waals surface area (Å²) >= 11 is 1.31. The fourth-order valence-electron chi connectivity index (χ4n) is 2.77. The number of amides is 2. The minimum absolute atomic E-state index is 0.00465. The Hall–Kier alpha value is -0.750. The normalized spacial score (nSPS) is 22.0. The van der Waals surface area contributed by atoms with Gasteiger partial charge in [-0.05, 0) is 12.8 Å². The van der Waals surface area contributed by atoms with E-state index >= 15 is 0 Å². The predicted molar refractivity (Wildman–Crippen MR) is 75.1 cm³/mol. The molecule has 2 amide bonds. The number of rotatable bonds is 5. The molecule has 0 atom stereocenters. The van der Waals surface area contributed by atoms with Gasteiger partial charge in [0, 0.05) is 38.9 Å². The van der Waals surface area contributed by atoms with Gasteiger partial charge in [0.15, 0.2) is 0 Å². The number of nitrogens with zero attached hydrogens (tertiary/aromatic N) is 2. The summed E-state index contributed by atoms with van der Waals surface area (Å²) < 4.78 is 0. The van der Waals surface area contributed by atoms with Crippen molar-refractivity contribution in [2.24, 2.45) is 0 Å². The third-order valence-electron chi connectivity index (χ3n) is 3.93. The maximum Gasteiger partial charge on any atom is 0.281 e. The van der Waals surface area contributed by atoms with Crippen LogP contribution in [0.25, 0.3) is 0 Å². The van der Waals surface area contributed by atoms with Gasteiger partial charge in [0.05, 0.1) is 5.60 Å². The van der Waals surface area contributed by atoms with Crippen LogP contribution in [0.1, 0.15) is 32.1 Å². The van der Waals surface area contributed by atoms with Crippen LogP contribution in [0.4, 0.5) is 4.79 Å². The Kier molecular flexibility index (Phi) is 4.73. The van der Waals surface area contributed by atoms with Gasteiger partial charge < -0.3 is 14.9 Å². The molecular weight excluding hydrogens is 264 g/mol. The van der Waals surface area contributed by atoms with Crippen molar-refractivity contribution in [3.8, 4) is 0 Å². The van der Waals surface area contributed by atoms with Crippen LogP contribution >= 0.6 is 11.8 Å². The molecule has 0 aromatic carbocycles. The maximum absolute atomic E-state index is 12.0. The Morgan fingerprint density at radius 2 is 2.16 bits per heavy atom. The van der Waals surface area contributed by atoms with Crippen LogP contribution in [0, 0.1) is 0 Å². The fraction of sp³-hybridized carbons (Fsp3) is 0.846. The summed E-state index contributed by atoms with van der Waals surface area (Å²) in [4.78, 5) is 26.7. The molecule has 1 aliphatic carbocycles. The van der Waals surface area contributed by atoms with Gasteiger partial charge in [-0.2, -0.15) is 0 Å². The number of carbonyl (C=O) groups excluding carboxylic acids is 2. The molecule has 0 spiro atoms. The van der Waals surface area contributed by atoms with Crippen molar-refractivity contribution < 1.29 is 14.7 Å². The molecule has 1 heterocycles. The molecule has 1 saturated heterocycles. The third-order valence-corrected chi connectivity index (χ3v) is 4.82. The van der Waals surface area contributed by atoms with Crippen molar-refractivity contribution >= 4 is 22.9 Å². The molecule has 2 rings (SSSR count). The van der Waals surface area contributed by atoms with E-state index < -0.39 is 5.60 Å². The highest BCUT2D eigenvalue weighted by Gasteiger charge is 2.33. The van der Waals surface area contributed by atoms with Gasteiger partial charge in [-0.25, -0.2) is 0 Å². The van der Waals surface area contributed by atoms with Gasteiger partial charge in [0.1, 0.15) is 0 Å². The van der Waals surface area contributed by atoms with Crippen LogP contribution in [0.2, 0.25) is 0 Å². The Bertz CT molecular complexity index is 356. The topological polar surface area (TPSA) is 60.9 Å². The van der Waals surface area contributed by atoms with Crippen LogP contribution in [0.3, 0.4) is 0 Å². The monoisotopic (exact) mass is 286 g/mol. The van der Waals surface area contributed by atoms with E-state index in [1.807, 2.05) is 0 Å². The van der Waals surface area contributed by atoms with Gasteiger partial charge in [0.25, 0.3) is 5.24 Å². The Morgan fingerprint density at radius 1 is 1.47 bits per heavy atom. The second-order valence-corrected chi connectivity index (χ2v) is 6.58. The molecule has 108 valence electrons. The molecule has 5 nitrogen and oxygen atoms in total. The Morgan fingerprint density at radius 3 is 2.74 bits per heavy atom. The van der Waals surface area contributed by atoms with Crippen LogP contribution < -0.4 is 0 Å². The van der Waals surface area contributed by atoms with Crippen molar-refractivity contribution in [2.45, 2.75) is 37.7 Å². The third kappa shape index (κ3) is 3.86. The molecule has 0 unspecified atom stereocenters. The smallest absolute Gasteiger partial charge is 0.281 e. The summed E-state index contributed by atoms with van der Waals surface area (Å²) in [7, 11) is 1.74. The lowest BCUT2D eigenvalue weighted by molar-refractivity contribution is -0.133. The Labute approximate surface area is 118 Å². The zero-order chi connectivity index (χ0) is 13.9. The molecule has 0 radical (unpaired) electrons. The zero-order valence-electron chi connectivity index (χ0n) is 11.4. The average molecular weight is 286 g/mol. The Balaban J connectivity index is 1.74. The molecule has 1 saturated carbocycles. The summed E-state index contributed by atoms with van der Waals surface area (Å²) in [6.07, 6.45) is 3.99. The first-order chi connectivity index (χ1) is 9.00.